The maximum absolute atomic E-state index is 8.67. The van der Waals surface area contributed by atoms with E-state index in [1.807, 2.05) is 19.1 Å². The molecule has 0 saturated carbocycles. The van der Waals surface area contributed by atoms with Gasteiger partial charge in [0, 0.05) is 0 Å². The van der Waals surface area contributed by atoms with Crippen LogP contribution in [0.1, 0.15) is 25.0 Å². The molecule has 0 aliphatic rings. The van der Waals surface area contributed by atoms with Crippen LogP contribution in [-0.2, 0) is 0 Å². The third-order valence-electron chi connectivity index (χ3n) is 2.09. The molecular weight excluding hydrogens is 204 g/mol. The monoisotopic (exact) mass is 222 g/mol. The normalized spacial score (nSPS) is 11.9. The Hall–Kier alpha value is -1.71. The van der Waals surface area contributed by atoms with E-state index >= 15 is 0 Å². The minimum Gasteiger partial charge on any atom is -0.493 e. The summed E-state index contributed by atoms with van der Waals surface area (Å²) in [5, 5.41) is 11.7. The second-order valence-corrected chi connectivity index (χ2v) is 4.19. The Morgan fingerprint density at radius 1 is 1.50 bits per heavy atom. The van der Waals surface area contributed by atoms with E-state index in [-0.39, 0.29) is 5.84 Å². The van der Waals surface area contributed by atoms with Gasteiger partial charge in [0.05, 0.1) is 12.2 Å². The van der Waals surface area contributed by atoms with Crippen molar-refractivity contribution < 1.29 is 9.94 Å². The molecule has 0 atom stereocenters. The van der Waals surface area contributed by atoms with Crippen LogP contribution in [-0.4, -0.2) is 17.6 Å². The minimum absolute atomic E-state index is 0.0683. The Bertz CT molecular complexity index is 387. The summed E-state index contributed by atoms with van der Waals surface area (Å²) in [5.41, 5.74) is 7.27. The molecule has 1 aromatic rings. The van der Waals surface area contributed by atoms with Gasteiger partial charge in [0.15, 0.2) is 5.84 Å². The molecule has 0 aromatic heterocycles. The molecule has 1 rings (SSSR count). The largest absolute Gasteiger partial charge is 0.493 e. The average Bonchev–Trinajstić information content (AvgIpc) is 2.25. The predicted molar refractivity (Wildman–Crippen MR) is 64.0 cm³/mol. The lowest BCUT2D eigenvalue weighted by atomic mass is 10.1. The second-order valence-electron chi connectivity index (χ2n) is 4.19. The fourth-order valence-electron chi connectivity index (χ4n) is 1.27. The van der Waals surface area contributed by atoms with Crippen LogP contribution >= 0.6 is 0 Å². The highest BCUT2D eigenvalue weighted by Crippen LogP contribution is 2.20. The molecule has 0 radical (unpaired) electrons. The van der Waals surface area contributed by atoms with E-state index in [1.165, 1.54) is 0 Å². The molecule has 0 amide bonds. The van der Waals surface area contributed by atoms with Crippen LogP contribution in [0.25, 0.3) is 0 Å². The summed E-state index contributed by atoms with van der Waals surface area (Å²) in [7, 11) is 0. The molecule has 0 spiro atoms. The van der Waals surface area contributed by atoms with Gasteiger partial charge in [-0.15, -0.1) is 0 Å². The first-order valence-corrected chi connectivity index (χ1v) is 5.26. The lowest BCUT2D eigenvalue weighted by molar-refractivity contribution is 0.270. The second kappa shape index (κ2) is 5.39. The zero-order chi connectivity index (χ0) is 12.1. The molecule has 0 aliphatic carbocycles. The van der Waals surface area contributed by atoms with Crippen molar-refractivity contribution in [2.24, 2.45) is 16.8 Å². The fraction of sp³-hybridized carbons (Fsp3) is 0.417. The van der Waals surface area contributed by atoms with E-state index < -0.39 is 0 Å². The van der Waals surface area contributed by atoms with E-state index in [0.29, 0.717) is 23.8 Å². The molecule has 0 heterocycles. The van der Waals surface area contributed by atoms with Gasteiger partial charge in [-0.3, -0.25) is 0 Å². The van der Waals surface area contributed by atoms with E-state index in [9.17, 15) is 0 Å². The first-order chi connectivity index (χ1) is 7.54. The van der Waals surface area contributed by atoms with Gasteiger partial charge in [0.1, 0.15) is 5.75 Å². The van der Waals surface area contributed by atoms with Gasteiger partial charge >= 0.3 is 0 Å². The Morgan fingerprint density at radius 3 is 2.75 bits per heavy atom. The number of benzene rings is 1. The molecule has 1 aromatic carbocycles. The molecule has 0 fully saturated rings. The summed E-state index contributed by atoms with van der Waals surface area (Å²) in [6, 6.07) is 5.57. The molecule has 4 nitrogen and oxygen atoms in total. The molecular formula is C12H18N2O2. The van der Waals surface area contributed by atoms with Crippen LogP contribution < -0.4 is 10.5 Å². The van der Waals surface area contributed by atoms with Gasteiger partial charge in [0.2, 0.25) is 0 Å². The third kappa shape index (κ3) is 3.15. The molecule has 4 heteroatoms. The van der Waals surface area contributed by atoms with Crippen LogP contribution in [0.5, 0.6) is 5.75 Å². The summed E-state index contributed by atoms with van der Waals surface area (Å²) >= 11 is 0. The molecule has 0 aliphatic heterocycles. The van der Waals surface area contributed by atoms with Crippen molar-refractivity contribution in [2.45, 2.75) is 20.8 Å². The summed E-state index contributed by atoms with van der Waals surface area (Å²) in [4.78, 5) is 0. The minimum atomic E-state index is 0.0683. The third-order valence-corrected chi connectivity index (χ3v) is 2.09. The van der Waals surface area contributed by atoms with E-state index in [2.05, 4.69) is 19.0 Å². The number of hydrogen-bond acceptors (Lipinski definition) is 3. The fourth-order valence-corrected chi connectivity index (χ4v) is 1.27. The number of nitrogens with zero attached hydrogens (tertiary/aromatic N) is 1. The Balaban J connectivity index is 2.99. The first-order valence-electron chi connectivity index (χ1n) is 5.26. The molecule has 88 valence electrons. The number of amidine groups is 1. The van der Waals surface area contributed by atoms with Crippen LogP contribution in [0.2, 0.25) is 0 Å². The van der Waals surface area contributed by atoms with Crippen molar-refractivity contribution >= 4 is 5.84 Å². The van der Waals surface area contributed by atoms with Gasteiger partial charge < -0.3 is 15.7 Å². The predicted octanol–water partition coefficient (Wildman–Crippen LogP) is 2.12. The van der Waals surface area contributed by atoms with Crippen molar-refractivity contribution in [3.8, 4) is 5.75 Å². The summed E-state index contributed by atoms with van der Waals surface area (Å²) in [6.45, 7) is 6.71. The number of hydrogen-bond donors (Lipinski definition) is 2. The molecule has 0 bridgehead atoms. The maximum atomic E-state index is 8.67. The van der Waals surface area contributed by atoms with Gasteiger partial charge in [-0.25, -0.2) is 0 Å². The Morgan fingerprint density at radius 2 is 2.19 bits per heavy atom. The van der Waals surface area contributed by atoms with Gasteiger partial charge in [-0.2, -0.15) is 0 Å². The zero-order valence-corrected chi connectivity index (χ0v) is 9.90. The highest BCUT2D eigenvalue weighted by Gasteiger charge is 2.09. The molecule has 0 unspecified atom stereocenters. The summed E-state index contributed by atoms with van der Waals surface area (Å²) in [5.74, 6) is 1.16. The van der Waals surface area contributed by atoms with Gasteiger partial charge in [-0.05, 0) is 30.5 Å². The van der Waals surface area contributed by atoms with Crippen molar-refractivity contribution in [1.29, 1.82) is 0 Å². The van der Waals surface area contributed by atoms with Crippen molar-refractivity contribution in [3.05, 3.63) is 29.3 Å². The lowest BCUT2D eigenvalue weighted by Crippen LogP contribution is -2.16. The van der Waals surface area contributed by atoms with Gasteiger partial charge in [-0.1, -0.05) is 25.1 Å². The van der Waals surface area contributed by atoms with Crippen LogP contribution in [0.4, 0.5) is 0 Å². The highest BCUT2D eigenvalue weighted by atomic mass is 16.5. The standard InChI is InChI=1S/C12H18N2O2/c1-8(2)7-16-11-6-9(3)4-5-10(11)12(13)14-15/h4-6,8,15H,7H2,1-3H3,(H2,13,14). The highest BCUT2D eigenvalue weighted by molar-refractivity contribution is 5.99. The summed E-state index contributed by atoms with van der Waals surface area (Å²) < 4.78 is 5.63. The van der Waals surface area contributed by atoms with Gasteiger partial charge in [0.25, 0.3) is 0 Å². The summed E-state index contributed by atoms with van der Waals surface area (Å²) in [6.07, 6.45) is 0. The van der Waals surface area contributed by atoms with Crippen LogP contribution in [0, 0.1) is 12.8 Å². The Kier molecular flexibility index (Phi) is 4.17. The van der Waals surface area contributed by atoms with E-state index in [1.54, 1.807) is 6.07 Å². The SMILES string of the molecule is Cc1ccc(C(N)=NO)c(OCC(C)C)c1. The van der Waals surface area contributed by atoms with E-state index in [4.69, 9.17) is 15.7 Å². The number of nitrogens with two attached hydrogens (primary N) is 1. The van der Waals surface area contributed by atoms with Crippen molar-refractivity contribution in [3.63, 3.8) is 0 Å². The van der Waals surface area contributed by atoms with E-state index in [0.717, 1.165) is 5.56 Å². The number of rotatable bonds is 4. The lowest BCUT2D eigenvalue weighted by Gasteiger charge is -2.13. The number of oxime groups is 1. The first kappa shape index (κ1) is 12.4. The number of aryl methyl sites for hydroxylation is 1. The molecule has 3 N–H and O–H groups in total. The average molecular weight is 222 g/mol. The van der Waals surface area contributed by atoms with Crippen molar-refractivity contribution in [2.75, 3.05) is 6.61 Å². The molecule has 0 saturated heterocycles. The maximum Gasteiger partial charge on any atom is 0.173 e. The smallest absolute Gasteiger partial charge is 0.173 e. The van der Waals surface area contributed by atoms with Crippen molar-refractivity contribution in [1.82, 2.24) is 0 Å². The quantitative estimate of drug-likeness (QED) is 0.355. The topological polar surface area (TPSA) is 67.8 Å². The van der Waals surface area contributed by atoms with Crippen LogP contribution in [0.3, 0.4) is 0 Å². The molecule has 16 heavy (non-hydrogen) atoms. The van der Waals surface area contributed by atoms with Crippen LogP contribution in [0.15, 0.2) is 23.4 Å². The zero-order valence-electron chi connectivity index (χ0n) is 9.90. The number of ether oxygens (including phenoxy) is 1. The Labute approximate surface area is 95.7 Å².